The summed E-state index contributed by atoms with van der Waals surface area (Å²) >= 11 is 0. The van der Waals surface area contributed by atoms with Crippen molar-refractivity contribution in [1.29, 1.82) is 0 Å². The Bertz CT molecular complexity index is 511. The third-order valence-corrected chi connectivity index (χ3v) is 6.40. The number of rotatable bonds is 6. The number of aliphatic hydroxyl groups is 1. The van der Waals surface area contributed by atoms with Crippen LogP contribution in [0.25, 0.3) is 0 Å². The third kappa shape index (κ3) is 3.70. The summed E-state index contributed by atoms with van der Waals surface area (Å²) in [6.07, 6.45) is 0.910. The molecular weight excluding hydrogens is 300 g/mol. The van der Waals surface area contributed by atoms with Gasteiger partial charge >= 0.3 is 15.2 Å². The Labute approximate surface area is 108 Å². The summed E-state index contributed by atoms with van der Waals surface area (Å²) in [6, 6.07) is 0. The second-order valence-electron chi connectivity index (χ2n) is 4.10. The molecule has 0 saturated carbocycles. The summed E-state index contributed by atoms with van der Waals surface area (Å²) < 4.78 is 23.5. The molecule has 0 saturated heterocycles. The van der Waals surface area contributed by atoms with Crippen molar-refractivity contribution in [3.8, 4) is 0 Å². The average molecular weight is 315 g/mol. The summed E-state index contributed by atoms with van der Waals surface area (Å²) in [7, 11) is -9.13. The van der Waals surface area contributed by atoms with Crippen LogP contribution in [-0.2, 0) is 22.6 Å². The van der Waals surface area contributed by atoms with Crippen LogP contribution in [0.15, 0.2) is 6.20 Å². The standard InChI is InChI=1S/C7H15N3O7P2/c1-10-5-6(8-9-10)3-2-4-7(11,18(12,13)14)19(15,16)17/h5,11H,2-4H2,1H3,(H2,12,13,14)(H2,15,16,17). The zero-order chi connectivity index (χ0) is 14.9. The molecular formula is C7H15N3O7P2. The van der Waals surface area contributed by atoms with E-state index in [0.717, 1.165) is 0 Å². The third-order valence-electron chi connectivity index (χ3n) is 2.53. The van der Waals surface area contributed by atoms with Crippen molar-refractivity contribution >= 4 is 15.2 Å². The highest BCUT2D eigenvalue weighted by atomic mass is 31.2. The topological polar surface area (TPSA) is 166 Å². The first-order valence-corrected chi connectivity index (χ1v) is 8.39. The number of hydrogen-bond donors (Lipinski definition) is 5. The molecule has 0 aliphatic carbocycles. The zero-order valence-corrected chi connectivity index (χ0v) is 11.8. The summed E-state index contributed by atoms with van der Waals surface area (Å²) in [4.78, 5) is 35.6. The Hall–Kier alpha value is -0.600. The van der Waals surface area contributed by atoms with Gasteiger partial charge in [-0.1, -0.05) is 5.21 Å². The molecule has 1 heterocycles. The average Bonchev–Trinajstić information content (AvgIpc) is 2.60. The normalized spacial score (nSPS) is 13.8. The minimum atomic E-state index is -5.37. The van der Waals surface area contributed by atoms with Gasteiger partial charge in [-0.25, -0.2) is 0 Å². The Morgan fingerprint density at radius 3 is 2.16 bits per heavy atom. The predicted octanol–water partition coefficient (Wildman–Crippen LogP) is -0.861. The Morgan fingerprint density at radius 2 is 1.79 bits per heavy atom. The highest BCUT2D eigenvalue weighted by Gasteiger charge is 2.58. The van der Waals surface area contributed by atoms with Crippen LogP contribution >= 0.6 is 15.2 Å². The van der Waals surface area contributed by atoms with Gasteiger partial charge in [0.1, 0.15) is 0 Å². The molecule has 0 fully saturated rings. The highest BCUT2D eigenvalue weighted by molar-refractivity contribution is 7.72. The zero-order valence-electron chi connectivity index (χ0n) is 9.99. The van der Waals surface area contributed by atoms with Crippen molar-refractivity contribution in [2.45, 2.75) is 24.3 Å². The van der Waals surface area contributed by atoms with Gasteiger partial charge in [-0.15, -0.1) is 5.10 Å². The lowest BCUT2D eigenvalue weighted by Gasteiger charge is -2.29. The molecule has 19 heavy (non-hydrogen) atoms. The van der Waals surface area contributed by atoms with E-state index in [4.69, 9.17) is 19.6 Å². The fraction of sp³-hybridized carbons (Fsp3) is 0.714. The van der Waals surface area contributed by atoms with Gasteiger partial charge in [0.25, 0.3) is 5.08 Å². The van der Waals surface area contributed by atoms with Crippen LogP contribution in [0.1, 0.15) is 18.5 Å². The van der Waals surface area contributed by atoms with Crippen LogP contribution in [0.5, 0.6) is 0 Å². The van der Waals surface area contributed by atoms with Crippen LogP contribution in [0.3, 0.4) is 0 Å². The molecule has 0 amide bonds. The van der Waals surface area contributed by atoms with Crippen molar-refractivity contribution in [3.05, 3.63) is 11.9 Å². The molecule has 12 heteroatoms. The molecule has 0 aromatic carbocycles. The van der Waals surface area contributed by atoms with Gasteiger partial charge in [0.15, 0.2) is 0 Å². The molecule has 1 aromatic heterocycles. The molecule has 0 aliphatic rings. The van der Waals surface area contributed by atoms with E-state index in [2.05, 4.69) is 10.3 Å². The predicted molar refractivity (Wildman–Crippen MR) is 63.0 cm³/mol. The number of aryl methyl sites for hydroxylation is 2. The fourth-order valence-corrected chi connectivity index (χ4v) is 3.73. The van der Waals surface area contributed by atoms with E-state index in [9.17, 15) is 14.2 Å². The van der Waals surface area contributed by atoms with Crippen molar-refractivity contribution in [2.75, 3.05) is 0 Å². The van der Waals surface area contributed by atoms with Crippen molar-refractivity contribution < 1.29 is 33.8 Å². The van der Waals surface area contributed by atoms with E-state index in [1.165, 1.54) is 4.68 Å². The van der Waals surface area contributed by atoms with Gasteiger partial charge in [0.2, 0.25) is 0 Å². The van der Waals surface area contributed by atoms with E-state index in [1.54, 1.807) is 13.2 Å². The largest absolute Gasteiger partial charge is 0.369 e. The monoisotopic (exact) mass is 315 g/mol. The molecule has 0 radical (unpaired) electrons. The van der Waals surface area contributed by atoms with Crippen LogP contribution in [0.4, 0.5) is 0 Å². The molecule has 0 unspecified atom stereocenters. The van der Waals surface area contributed by atoms with Gasteiger partial charge < -0.3 is 24.7 Å². The number of nitrogens with zero attached hydrogens (tertiary/aromatic N) is 3. The van der Waals surface area contributed by atoms with Crippen LogP contribution in [0.2, 0.25) is 0 Å². The van der Waals surface area contributed by atoms with E-state index in [-0.39, 0.29) is 12.8 Å². The van der Waals surface area contributed by atoms with Gasteiger partial charge in [-0.3, -0.25) is 13.8 Å². The van der Waals surface area contributed by atoms with E-state index < -0.39 is 26.7 Å². The van der Waals surface area contributed by atoms with Gasteiger partial charge in [-0.2, -0.15) is 0 Å². The highest BCUT2D eigenvalue weighted by Crippen LogP contribution is 2.69. The molecule has 0 bridgehead atoms. The second kappa shape index (κ2) is 5.41. The molecule has 0 aliphatic heterocycles. The molecule has 110 valence electrons. The van der Waals surface area contributed by atoms with E-state index in [1.807, 2.05) is 0 Å². The smallest absolute Gasteiger partial charge is 0.368 e. The number of hydrogen-bond acceptors (Lipinski definition) is 5. The fourth-order valence-electron chi connectivity index (χ4n) is 1.48. The van der Waals surface area contributed by atoms with Crippen LogP contribution < -0.4 is 0 Å². The summed E-state index contributed by atoms with van der Waals surface area (Å²) in [5, 5.41) is 13.6. The Morgan fingerprint density at radius 1 is 1.26 bits per heavy atom. The van der Waals surface area contributed by atoms with Gasteiger partial charge in [0, 0.05) is 19.7 Å². The first-order chi connectivity index (χ1) is 8.47. The van der Waals surface area contributed by atoms with Crippen molar-refractivity contribution in [2.24, 2.45) is 7.05 Å². The summed E-state index contributed by atoms with van der Waals surface area (Å²) in [5.74, 6) is 0. The SMILES string of the molecule is Cn1cc(CCCC(O)(P(=O)(O)O)P(=O)(O)O)nn1. The Balaban J connectivity index is 2.76. The molecule has 5 N–H and O–H groups in total. The minimum Gasteiger partial charge on any atom is -0.368 e. The lowest BCUT2D eigenvalue weighted by molar-refractivity contribution is 0.121. The first kappa shape index (κ1) is 16.5. The lowest BCUT2D eigenvalue weighted by atomic mass is 10.2. The Kier molecular flexibility index (Phi) is 4.69. The molecule has 10 nitrogen and oxygen atoms in total. The minimum absolute atomic E-state index is 0.0641. The second-order valence-corrected chi connectivity index (χ2v) is 8.11. The molecule has 0 atom stereocenters. The lowest BCUT2D eigenvalue weighted by Crippen LogP contribution is -2.28. The van der Waals surface area contributed by atoms with Crippen molar-refractivity contribution in [3.63, 3.8) is 0 Å². The summed E-state index contributed by atoms with van der Waals surface area (Å²) in [5.41, 5.74) is 0.487. The first-order valence-electron chi connectivity index (χ1n) is 5.16. The maximum Gasteiger partial charge on any atom is 0.369 e. The van der Waals surface area contributed by atoms with E-state index >= 15 is 0 Å². The van der Waals surface area contributed by atoms with E-state index in [0.29, 0.717) is 5.69 Å². The van der Waals surface area contributed by atoms with Gasteiger partial charge in [-0.05, 0) is 12.8 Å². The van der Waals surface area contributed by atoms with Gasteiger partial charge in [0.05, 0.1) is 5.69 Å². The van der Waals surface area contributed by atoms with Crippen LogP contribution in [-0.4, -0.2) is 44.8 Å². The summed E-state index contributed by atoms with van der Waals surface area (Å²) in [6.45, 7) is 0. The van der Waals surface area contributed by atoms with Crippen molar-refractivity contribution in [1.82, 2.24) is 15.0 Å². The van der Waals surface area contributed by atoms with Crippen LogP contribution in [0, 0.1) is 0 Å². The maximum absolute atomic E-state index is 11.1. The molecule has 0 spiro atoms. The number of aromatic nitrogens is 3. The maximum atomic E-state index is 11.1. The quantitative estimate of drug-likeness (QED) is 0.420. The molecule has 1 rings (SSSR count). The molecule has 1 aromatic rings.